The van der Waals surface area contributed by atoms with Crippen LogP contribution < -0.4 is 14.7 Å². The summed E-state index contributed by atoms with van der Waals surface area (Å²) in [6, 6.07) is 166. The molecule has 0 atom stereocenters. The standard InChI is InChI=1S/C51H30N4S.C43H26N4S.C41H24N4S/c1-3-20-43-38(15-1)39-18-6-11-33-12-8-21-44(46(33)39)55(43)36-28-27-31-10-5-19-40(42(31)30-36)51-53-48(50-49(54-51)41-16-2-4-22-45(41)56-50)35-25-23-32(24-26-35)37-17-7-13-34-14-9-29-52-47(34)37;1-3-15-36-32(11-1)33-13-7-9-28-10-8-16-37(39(28)33)47(36)31-24-22-30(23-25-31)43-45-40(42-41(46-43)34-12-2-4-17-38(34)48-42)29-20-18-27(19-21-29)35-14-5-6-26-44-35;1-3-17-33-29(13-1)30-15-5-9-25-10-7-18-34(36(25)30)45(33)28-22-20-27(21-23-28)41-43-38-31-14-2-4-19-35(31)46-40(38)39(44-41)32-16-6-11-26-12-8-24-42-37(26)32/h1-30H;1-26H;1-24H. The molecule has 0 bridgehead atoms. The Kier molecular flexibility index (Phi) is 20.3. The summed E-state index contributed by atoms with van der Waals surface area (Å²) < 4.78 is 6.88. The fraction of sp³-hybridized carbons (Fsp3) is 0. The number of pyridine rings is 3. The monoisotopic (exact) mass is 1960 g/mol. The van der Waals surface area contributed by atoms with Gasteiger partial charge in [-0.3, -0.25) is 15.0 Å². The number of aromatic nitrogens is 9. The van der Waals surface area contributed by atoms with Crippen LogP contribution in [0.3, 0.4) is 0 Å². The van der Waals surface area contributed by atoms with Crippen molar-refractivity contribution in [2.24, 2.45) is 0 Å². The van der Waals surface area contributed by atoms with Crippen LogP contribution in [0.2, 0.25) is 0 Å². The van der Waals surface area contributed by atoms with E-state index in [0.29, 0.717) is 17.5 Å². The Hall–Kier alpha value is -19.3. The maximum absolute atomic E-state index is 5.45. The van der Waals surface area contributed by atoms with E-state index < -0.39 is 0 Å². The van der Waals surface area contributed by atoms with E-state index in [4.69, 9.17) is 39.9 Å². The van der Waals surface area contributed by atoms with Crippen molar-refractivity contribution in [3.8, 4) is 124 Å². The van der Waals surface area contributed by atoms with Gasteiger partial charge < -0.3 is 14.7 Å². The Morgan fingerprint density at radius 2 is 0.500 bits per heavy atom. The van der Waals surface area contributed by atoms with Gasteiger partial charge in [-0.05, 0) is 189 Å². The fourth-order valence-corrected chi connectivity index (χ4v) is 26.2. The summed E-state index contributed by atoms with van der Waals surface area (Å²) in [7, 11) is 0. The van der Waals surface area contributed by atoms with Crippen LogP contribution in [0.1, 0.15) is 0 Å². The number of hydrogen-bond acceptors (Lipinski definition) is 15. The number of nitrogens with zero attached hydrogens (tertiary/aromatic N) is 12. The maximum Gasteiger partial charge on any atom is 0.161 e. The predicted octanol–water partition coefficient (Wildman–Crippen LogP) is 37.3. The number of benzene rings is 20. The van der Waals surface area contributed by atoms with E-state index in [0.717, 1.165) is 169 Å². The van der Waals surface area contributed by atoms with Crippen LogP contribution in [-0.4, -0.2) is 44.9 Å². The molecule has 0 fully saturated rings. The Balaban J connectivity index is 0.000000104. The van der Waals surface area contributed by atoms with Crippen molar-refractivity contribution in [3.63, 3.8) is 0 Å². The molecule has 15 heteroatoms. The van der Waals surface area contributed by atoms with Gasteiger partial charge in [0.2, 0.25) is 0 Å². The van der Waals surface area contributed by atoms with Crippen LogP contribution in [0.25, 0.3) is 250 Å². The normalized spacial score (nSPS) is 12.2. The van der Waals surface area contributed by atoms with Gasteiger partial charge in [-0.25, -0.2) is 29.9 Å². The molecule has 150 heavy (non-hydrogen) atoms. The van der Waals surface area contributed by atoms with Crippen molar-refractivity contribution in [2.75, 3.05) is 14.7 Å². The first-order valence-electron chi connectivity index (χ1n) is 50.2. The largest absolute Gasteiger partial charge is 0.309 e. The predicted molar refractivity (Wildman–Crippen MR) is 628 cm³/mol. The first-order valence-corrected chi connectivity index (χ1v) is 52.7. The summed E-state index contributed by atoms with van der Waals surface area (Å²) in [5, 5.41) is 15.5. The molecule has 9 aromatic heterocycles. The van der Waals surface area contributed by atoms with Crippen molar-refractivity contribution in [1.29, 1.82) is 0 Å². The Labute approximate surface area is 873 Å². The number of thiophene rings is 3. The minimum Gasteiger partial charge on any atom is -0.309 e. The van der Waals surface area contributed by atoms with Crippen molar-refractivity contribution >= 4 is 211 Å². The number of fused-ring (bicyclic) bond motifs is 18. The van der Waals surface area contributed by atoms with E-state index >= 15 is 0 Å². The summed E-state index contributed by atoms with van der Waals surface area (Å²) in [5.41, 5.74) is 36.0. The molecule has 0 spiro atoms. The van der Waals surface area contributed by atoms with E-state index in [-0.39, 0.29) is 0 Å². The highest BCUT2D eigenvalue weighted by molar-refractivity contribution is 7.27. The van der Waals surface area contributed by atoms with E-state index in [1.807, 2.05) is 48.9 Å². The molecule has 0 radical (unpaired) electrons. The maximum atomic E-state index is 5.45. The molecule has 32 rings (SSSR count). The zero-order chi connectivity index (χ0) is 98.5. The van der Waals surface area contributed by atoms with Crippen LogP contribution in [0.4, 0.5) is 51.2 Å². The molecule has 20 aromatic carbocycles. The molecule has 0 saturated carbocycles. The zero-order valence-corrected chi connectivity index (χ0v) is 82.7. The quantitative estimate of drug-likeness (QED) is 0.122. The van der Waals surface area contributed by atoms with E-state index in [1.54, 1.807) is 34.0 Å². The summed E-state index contributed by atoms with van der Waals surface area (Å²) in [5.74, 6) is 2.14. The van der Waals surface area contributed by atoms with Gasteiger partial charge in [0.15, 0.2) is 17.5 Å². The van der Waals surface area contributed by atoms with Gasteiger partial charge in [-0.15, -0.1) is 34.0 Å². The lowest BCUT2D eigenvalue weighted by atomic mass is 9.90. The second-order valence-electron chi connectivity index (χ2n) is 38.1. The molecule has 698 valence electrons. The summed E-state index contributed by atoms with van der Waals surface area (Å²) in [4.78, 5) is 52.9. The summed E-state index contributed by atoms with van der Waals surface area (Å²) >= 11 is 5.25. The third-order valence-corrected chi connectivity index (χ3v) is 33.1. The molecule has 3 aliphatic rings. The molecule has 12 heterocycles. The van der Waals surface area contributed by atoms with Gasteiger partial charge in [-0.1, -0.05) is 328 Å². The van der Waals surface area contributed by atoms with E-state index in [1.165, 1.54) is 114 Å². The Bertz CT molecular complexity index is 10600. The Morgan fingerprint density at radius 3 is 0.973 bits per heavy atom. The van der Waals surface area contributed by atoms with Gasteiger partial charge >= 0.3 is 0 Å². The lowest BCUT2D eigenvalue weighted by Gasteiger charge is -2.33. The molecule has 29 aromatic rings. The van der Waals surface area contributed by atoms with Crippen molar-refractivity contribution < 1.29 is 0 Å². The summed E-state index contributed by atoms with van der Waals surface area (Å²) in [6.45, 7) is 0. The Morgan fingerprint density at radius 1 is 0.173 bits per heavy atom. The smallest absolute Gasteiger partial charge is 0.161 e. The minimum absolute atomic E-state index is 0.706. The highest BCUT2D eigenvalue weighted by atomic mass is 32.1. The lowest BCUT2D eigenvalue weighted by Crippen LogP contribution is -2.14. The van der Waals surface area contributed by atoms with Crippen LogP contribution in [0, 0.1) is 0 Å². The SMILES string of the molecule is c1ccc(-c2ccc(-c3nc(-c4ccc(N5c6ccccc6-c6cccc7cccc5c67)cc4)nc4c3sc3ccccc34)cc2)nc1.c1ccc2c(c1)-c1cccc3cccc(c13)N2c1ccc(-c2nc(-c3cccc4cccnc34)c3sc4ccccc4c3n2)cc1.c1ccc2c(c1)-c1cccc3cccc(c13)N2c1ccc2cccc(-c3nc(-c4ccc(-c5cccc6cccnc56)cc4)c4sc5ccccc5c4n3)c2c1. The van der Waals surface area contributed by atoms with Crippen LogP contribution >= 0.6 is 34.0 Å². The molecule has 0 unspecified atom stereocenters. The molecular weight excluding hydrogens is 1890 g/mol. The van der Waals surface area contributed by atoms with Gasteiger partial charge in [0, 0.05) is 154 Å². The topological polar surface area (TPSA) is 126 Å². The van der Waals surface area contributed by atoms with Crippen molar-refractivity contribution in [2.45, 2.75) is 0 Å². The van der Waals surface area contributed by atoms with E-state index in [2.05, 4.69) is 456 Å². The lowest BCUT2D eigenvalue weighted by molar-refractivity contribution is 1.23. The zero-order valence-electron chi connectivity index (χ0n) is 80.3. The number of para-hydroxylation sites is 5. The molecule has 0 aliphatic carbocycles. The number of hydrogen-bond donors (Lipinski definition) is 0. The third-order valence-electron chi connectivity index (χ3n) is 29.6. The highest BCUT2D eigenvalue weighted by Crippen LogP contribution is 2.57. The van der Waals surface area contributed by atoms with Gasteiger partial charge in [0.25, 0.3) is 0 Å². The molecule has 0 N–H and O–H groups in total. The number of rotatable bonds is 11. The van der Waals surface area contributed by atoms with Gasteiger partial charge in [-0.2, -0.15) is 0 Å². The van der Waals surface area contributed by atoms with Crippen molar-refractivity contribution in [3.05, 3.63) is 486 Å². The van der Waals surface area contributed by atoms with Gasteiger partial charge in [0.1, 0.15) is 0 Å². The fourth-order valence-electron chi connectivity index (χ4n) is 22.7. The van der Waals surface area contributed by atoms with Gasteiger partial charge in [0.05, 0.1) is 98.6 Å². The minimum atomic E-state index is 0.706. The number of anilines is 9. The van der Waals surface area contributed by atoms with Crippen LogP contribution in [0.15, 0.2) is 486 Å². The van der Waals surface area contributed by atoms with Crippen LogP contribution in [0.5, 0.6) is 0 Å². The first kappa shape index (κ1) is 86.2. The highest BCUT2D eigenvalue weighted by Gasteiger charge is 2.32. The molecule has 12 nitrogen and oxygen atoms in total. The molecule has 0 saturated heterocycles. The molecule has 0 amide bonds. The molecule has 3 aliphatic heterocycles. The summed E-state index contributed by atoms with van der Waals surface area (Å²) in [6.07, 6.45) is 5.55. The van der Waals surface area contributed by atoms with E-state index in [9.17, 15) is 0 Å². The molecular formula is C135H80N12S3. The van der Waals surface area contributed by atoms with Crippen LogP contribution in [-0.2, 0) is 0 Å². The average Bonchev–Trinajstić information content (AvgIpc) is 1.13. The average molecular weight is 1970 g/mol. The second-order valence-corrected chi connectivity index (χ2v) is 41.2. The first-order chi connectivity index (χ1) is 74.4. The van der Waals surface area contributed by atoms with Crippen molar-refractivity contribution in [1.82, 2.24) is 44.9 Å². The third kappa shape index (κ3) is 14.3. The second kappa shape index (κ2) is 35.3.